The van der Waals surface area contributed by atoms with E-state index in [-0.39, 0.29) is 50.0 Å². The molecule has 2 heterocycles. The first-order chi connectivity index (χ1) is 28.9. The summed E-state index contributed by atoms with van der Waals surface area (Å²) in [5.74, 6) is 0. The fourth-order valence-electron chi connectivity index (χ4n) is 13.7. The second-order valence-electron chi connectivity index (χ2n) is 26.9. The van der Waals surface area contributed by atoms with Crippen molar-refractivity contribution in [3.63, 3.8) is 0 Å². The molecule has 2 aliphatic heterocycles. The van der Waals surface area contributed by atoms with Gasteiger partial charge in [-0.2, -0.15) is 0 Å². The van der Waals surface area contributed by atoms with Gasteiger partial charge in [0.15, 0.2) is 0 Å². The minimum absolute atomic E-state index is 0.00508. The summed E-state index contributed by atoms with van der Waals surface area (Å²) in [6.07, 6.45) is 4.69. The van der Waals surface area contributed by atoms with Crippen LogP contribution in [0.15, 0.2) is 78.9 Å². The van der Waals surface area contributed by atoms with Gasteiger partial charge in [0.25, 0.3) is 6.71 Å². The summed E-state index contributed by atoms with van der Waals surface area (Å²) in [7, 11) is 0. The first kappa shape index (κ1) is 42.7. The number of rotatable bonds is 2. The first-order valence-corrected chi connectivity index (χ1v) is 24.4. The molecule has 2 nitrogen and oxygen atoms in total. The number of hydrogen-bond acceptors (Lipinski definition) is 2. The van der Waals surface area contributed by atoms with Crippen molar-refractivity contribution in [1.82, 2.24) is 0 Å². The zero-order valence-corrected chi connectivity index (χ0v) is 42.3. The smallest absolute Gasteiger partial charge is 0.252 e. The Morgan fingerprint density at radius 1 is 0.381 bits per heavy atom. The molecule has 0 unspecified atom stereocenters. The number of nitrogens with zero attached hydrogens (tertiary/aromatic N) is 2. The van der Waals surface area contributed by atoms with Crippen LogP contribution in [-0.4, -0.2) is 6.71 Å². The summed E-state index contributed by atoms with van der Waals surface area (Å²) in [6.45, 7) is 44.0. The van der Waals surface area contributed by atoms with Crippen molar-refractivity contribution in [3.8, 4) is 0 Å². The van der Waals surface area contributed by atoms with Crippen molar-refractivity contribution in [2.75, 3.05) is 9.80 Å². The topological polar surface area (TPSA) is 6.48 Å². The lowest BCUT2D eigenvalue weighted by atomic mass is 9.33. The van der Waals surface area contributed by atoms with Gasteiger partial charge in [-0.1, -0.05) is 155 Å². The molecule has 0 spiro atoms. The Labute approximate surface area is 382 Å². The highest BCUT2D eigenvalue weighted by molar-refractivity contribution is 7.00. The molecule has 0 bridgehead atoms. The lowest BCUT2D eigenvalue weighted by Gasteiger charge is -2.47. The molecule has 0 saturated heterocycles. The molecule has 10 rings (SSSR count). The molecule has 5 aromatic rings. The summed E-state index contributed by atoms with van der Waals surface area (Å²) >= 11 is 0. The van der Waals surface area contributed by atoms with Gasteiger partial charge in [0.2, 0.25) is 0 Å². The lowest BCUT2D eigenvalue weighted by Crippen LogP contribution is -2.61. The maximum Gasteiger partial charge on any atom is 0.252 e. The van der Waals surface area contributed by atoms with Crippen molar-refractivity contribution < 1.29 is 0 Å². The highest BCUT2D eigenvalue weighted by atomic mass is 15.2. The molecule has 0 radical (unpaired) electrons. The average Bonchev–Trinajstić information content (AvgIpc) is 3.48. The van der Waals surface area contributed by atoms with Crippen LogP contribution in [0.4, 0.5) is 34.1 Å². The van der Waals surface area contributed by atoms with Crippen LogP contribution in [0.1, 0.15) is 195 Å². The van der Waals surface area contributed by atoms with Crippen molar-refractivity contribution >= 4 is 57.2 Å². The van der Waals surface area contributed by atoms with Gasteiger partial charge in [0.1, 0.15) is 0 Å². The van der Waals surface area contributed by atoms with Gasteiger partial charge in [-0.25, -0.2) is 0 Å². The maximum absolute atomic E-state index is 2.72. The molecule has 0 aromatic heterocycles. The third kappa shape index (κ3) is 6.23. The van der Waals surface area contributed by atoms with Crippen LogP contribution in [0.2, 0.25) is 0 Å². The van der Waals surface area contributed by atoms with Crippen LogP contribution in [0.3, 0.4) is 0 Å². The summed E-state index contributed by atoms with van der Waals surface area (Å²) in [5, 5.41) is 0. The van der Waals surface area contributed by atoms with E-state index < -0.39 is 0 Å². The monoisotopic (exact) mass is 835 g/mol. The van der Waals surface area contributed by atoms with E-state index in [0.717, 1.165) is 12.8 Å². The largest absolute Gasteiger partial charge is 0.311 e. The van der Waals surface area contributed by atoms with Gasteiger partial charge in [-0.15, -0.1) is 0 Å². The quantitative estimate of drug-likeness (QED) is 0.160. The van der Waals surface area contributed by atoms with Crippen molar-refractivity contribution in [2.45, 2.75) is 194 Å². The van der Waals surface area contributed by atoms with E-state index in [1.54, 1.807) is 0 Å². The van der Waals surface area contributed by atoms with Gasteiger partial charge in [0.05, 0.1) is 0 Å². The molecule has 0 fully saturated rings. The van der Waals surface area contributed by atoms with E-state index in [4.69, 9.17) is 0 Å². The van der Waals surface area contributed by atoms with Crippen LogP contribution in [-0.2, 0) is 43.3 Å². The maximum atomic E-state index is 2.72. The van der Waals surface area contributed by atoms with E-state index in [1.165, 1.54) is 108 Å². The highest BCUT2D eigenvalue weighted by Crippen LogP contribution is 2.56. The molecular weight excluding hydrogens is 759 g/mol. The Hall–Kier alpha value is -4.24. The van der Waals surface area contributed by atoms with E-state index in [2.05, 4.69) is 213 Å². The second-order valence-corrected chi connectivity index (χ2v) is 26.9. The van der Waals surface area contributed by atoms with Crippen molar-refractivity contribution in [3.05, 3.63) is 123 Å². The zero-order valence-electron chi connectivity index (χ0n) is 42.3. The Balaban J connectivity index is 1.34. The summed E-state index contributed by atoms with van der Waals surface area (Å²) in [5.41, 5.74) is 24.5. The van der Waals surface area contributed by atoms with E-state index in [0.29, 0.717) is 0 Å². The molecule has 0 N–H and O–H groups in total. The van der Waals surface area contributed by atoms with Crippen LogP contribution in [0, 0.1) is 0 Å². The standard InChI is InChI=1S/C60H75BN2/c1-53(2,3)36-19-24-46-48(27-36)62(38-20-22-40-42(30-38)56(9,10)26-25-55(40,7)8)50-28-37(54(4,5)6)29-51-52(50)61(46)47-32-44-45(60(17,18)35-59(44,15)16)33-49(47)63(51)39-21-23-41-43(31-39)58(13,14)34-57(41,11)12/h19-24,27-33H,25-26,34-35H2,1-18H3. The summed E-state index contributed by atoms with van der Waals surface area (Å²) < 4.78 is 0. The Morgan fingerprint density at radius 2 is 0.778 bits per heavy atom. The Bertz CT molecular complexity index is 2770. The molecule has 328 valence electrons. The van der Waals surface area contributed by atoms with Gasteiger partial charge in [-0.3, -0.25) is 0 Å². The molecule has 63 heavy (non-hydrogen) atoms. The fourth-order valence-corrected chi connectivity index (χ4v) is 13.7. The number of fused-ring (bicyclic) bond motifs is 7. The second kappa shape index (κ2) is 12.8. The molecule has 5 aliphatic rings. The Morgan fingerprint density at radius 3 is 1.29 bits per heavy atom. The molecule has 0 saturated carbocycles. The molecule has 3 aliphatic carbocycles. The van der Waals surface area contributed by atoms with Crippen molar-refractivity contribution in [1.29, 1.82) is 0 Å². The predicted molar refractivity (Wildman–Crippen MR) is 274 cm³/mol. The highest BCUT2D eigenvalue weighted by Gasteiger charge is 2.50. The van der Waals surface area contributed by atoms with E-state index in [9.17, 15) is 0 Å². The minimum atomic E-state index is -0.0814. The van der Waals surface area contributed by atoms with Gasteiger partial charge < -0.3 is 9.80 Å². The molecular formula is C60H75BN2. The zero-order chi connectivity index (χ0) is 45.6. The number of hydrogen-bond donors (Lipinski definition) is 0. The van der Waals surface area contributed by atoms with E-state index >= 15 is 0 Å². The van der Waals surface area contributed by atoms with Gasteiger partial charge in [0, 0.05) is 34.1 Å². The van der Waals surface area contributed by atoms with Crippen molar-refractivity contribution in [2.24, 2.45) is 0 Å². The average molecular weight is 835 g/mol. The summed E-state index contributed by atoms with van der Waals surface area (Å²) in [4.78, 5) is 5.42. The van der Waals surface area contributed by atoms with Gasteiger partial charge in [-0.05, 0) is 178 Å². The van der Waals surface area contributed by atoms with Crippen LogP contribution >= 0.6 is 0 Å². The third-order valence-electron chi connectivity index (χ3n) is 17.0. The number of anilines is 6. The van der Waals surface area contributed by atoms with Crippen LogP contribution in [0.5, 0.6) is 0 Å². The summed E-state index contributed by atoms with van der Waals surface area (Å²) in [6, 6.07) is 33.1. The fraction of sp³-hybridized carbons (Fsp3) is 0.500. The SMILES string of the molecule is CC(C)(C)c1ccc2c(c1)N(c1ccc3c(c1)C(C)(C)CCC3(C)C)c1cc(C(C)(C)C)cc3c1B2c1cc2c(cc1N3c1ccc3c(c1)C(C)(C)CC3(C)C)C(C)(C)CC2(C)C. The molecule has 0 amide bonds. The third-order valence-corrected chi connectivity index (χ3v) is 17.0. The van der Waals surface area contributed by atoms with Gasteiger partial charge >= 0.3 is 0 Å². The van der Waals surface area contributed by atoms with E-state index in [1.807, 2.05) is 0 Å². The minimum Gasteiger partial charge on any atom is -0.311 e. The number of benzene rings is 5. The lowest BCUT2D eigenvalue weighted by molar-refractivity contribution is 0.332. The van der Waals surface area contributed by atoms with Crippen LogP contribution < -0.4 is 26.2 Å². The predicted octanol–water partition coefficient (Wildman–Crippen LogP) is 14.6. The van der Waals surface area contributed by atoms with Crippen LogP contribution in [0.25, 0.3) is 0 Å². The molecule has 3 heteroatoms. The normalized spacial score (nSPS) is 21.3. The molecule has 0 atom stereocenters. The Kier molecular flexibility index (Phi) is 8.65. The molecule has 5 aromatic carbocycles. The first-order valence-electron chi connectivity index (χ1n) is 24.4.